The van der Waals surface area contributed by atoms with Crippen molar-refractivity contribution in [2.75, 3.05) is 0 Å². The fraction of sp³-hybridized carbons (Fsp3) is 0. The zero-order chi connectivity index (χ0) is 2.71. The van der Waals surface area contributed by atoms with Crippen LogP contribution in [0, 0.1) is 0 Å². The molecule has 4 heavy (non-hydrogen) atoms. The molecule has 0 aromatic rings. The maximum atomic E-state index is 8.38. The summed E-state index contributed by atoms with van der Waals surface area (Å²) >= 11 is -1.25. The summed E-state index contributed by atoms with van der Waals surface area (Å²) in [6.07, 6.45) is 0. The van der Waals surface area contributed by atoms with Crippen LogP contribution in [0.4, 0.5) is 0 Å². The number of hydrogen-bond acceptors (Lipinski definition) is 2. The van der Waals surface area contributed by atoms with Crippen LogP contribution in [0.15, 0.2) is 0 Å². The molecule has 0 spiro atoms. The fourth-order valence-corrected chi connectivity index (χ4v) is 0. The second-order valence-electron chi connectivity index (χ2n) is 0.0589. The Morgan fingerprint density at radius 2 is 1.25 bits per heavy atom. The van der Waals surface area contributed by atoms with E-state index in [9.17, 15) is 0 Å². The second-order valence-corrected chi connectivity index (χ2v) is 0.243. The predicted octanol–water partition coefficient (Wildman–Crippen LogP) is -2.76. The first-order valence-corrected chi connectivity index (χ1v) is 1.19. The van der Waals surface area contributed by atoms with E-state index in [0.29, 0.717) is 0 Å². The molecule has 0 aliphatic rings. The van der Waals surface area contributed by atoms with Gasteiger partial charge in [0.05, 0.1) is 0 Å². The average molecular weight is 128 g/mol. The minimum atomic E-state index is -1.25. The normalized spacial score (nSPS) is 5.50. The standard InChI is InChI=1S/Ca.Fe.2O/q+2;;2*-1. The van der Waals surface area contributed by atoms with Crippen LogP contribution < -0.4 is 8.38 Å². The summed E-state index contributed by atoms with van der Waals surface area (Å²) < 4.78 is 16.8. The Kier molecular flexibility index (Phi) is 20.3. The third-order valence-electron chi connectivity index (χ3n) is 0. The predicted molar refractivity (Wildman–Crippen MR) is 5.75 cm³/mol. The first kappa shape index (κ1) is 9.20. The Balaban J connectivity index is 0. The van der Waals surface area contributed by atoms with E-state index in [2.05, 4.69) is 0 Å². The van der Waals surface area contributed by atoms with Crippen LogP contribution in [-0.2, 0) is 15.6 Å². The molecule has 0 rings (SSSR count). The van der Waals surface area contributed by atoms with Crippen molar-refractivity contribution in [1.29, 1.82) is 0 Å². The van der Waals surface area contributed by atoms with Crippen molar-refractivity contribution in [1.82, 2.24) is 0 Å². The van der Waals surface area contributed by atoms with E-state index in [1.807, 2.05) is 0 Å². The molecule has 0 aliphatic heterocycles. The van der Waals surface area contributed by atoms with Crippen molar-refractivity contribution >= 4 is 37.7 Å². The minimum absolute atomic E-state index is 0. The summed E-state index contributed by atoms with van der Waals surface area (Å²) in [7, 11) is 0. The van der Waals surface area contributed by atoms with Gasteiger partial charge in [-0.25, -0.2) is 0 Å². The van der Waals surface area contributed by atoms with Crippen molar-refractivity contribution in [3.63, 3.8) is 0 Å². The van der Waals surface area contributed by atoms with Crippen LogP contribution in [0.2, 0.25) is 0 Å². The zero-order valence-electron chi connectivity index (χ0n) is 1.88. The molecule has 0 aliphatic carbocycles. The van der Waals surface area contributed by atoms with Gasteiger partial charge >= 0.3 is 61.7 Å². The Labute approximate surface area is 61.0 Å². The van der Waals surface area contributed by atoms with Crippen LogP contribution in [0.25, 0.3) is 0 Å². The molecule has 0 unspecified atom stereocenters. The zero-order valence-corrected chi connectivity index (χ0v) is 5.19. The number of hydrogen-bond donors (Lipinski definition) is 0. The van der Waals surface area contributed by atoms with Gasteiger partial charge in [0.15, 0.2) is 0 Å². The quantitative estimate of drug-likeness (QED) is 0.331. The molecule has 0 atom stereocenters. The first-order valence-electron chi connectivity index (χ1n) is 0.289. The SMILES string of the molecule is [Ca+2].[O-][Fe][O-]. The molecule has 2 nitrogen and oxygen atoms in total. The van der Waals surface area contributed by atoms with E-state index in [-0.39, 0.29) is 37.7 Å². The molecular weight excluding hydrogens is 128 g/mol. The molecule has 0 amide bonds. The van der Waals surface area contributed by atoms with Crippen molar-refractivity contribution in [3.05, 3.63) is 0 Å². The van der Waals surface area contributed by atoms with Crippen molar-refractivity contribution < 1.29 is 24.0 Å². The van der Waals surface area contributed by atoms with Gasteiger partial charge in [-0.2, -0.15) is 0 Å². The van der Waals surface area contributed by atoms with Gasteiger partial charge < -0.3 is 0 Å². The maximum absolute atomic E-state index is 8.38. The molecule has 0 saturated carbocycles. The van der Waals surface area contributed by atoms with Gasteiger partial charge in [-0.05, 0) is 0 Å². The summed E-state index contributed by atoms with van der Waals surface area (Å²) in [4.78, 5) is 0. The van der Waals surface area contributed by atoms with Crippen LogP contribution in [0.1, 0.15) is 0 Å². The molecule has 0 aromatic heterocycles. The molecule has 4 heteroatoms. The molecule has 0 fully saturated rings. The Hall–Kier alpha value is 1.70. The van der Waals surface area contributed by atoms with Gasteiger partial charge in [-0.15, -0.1) is 0 Å². The molecule has 0 N–H and O–H groups in total. The van der Waals surface area contributed by atoms with Gasteiger partial charge in [-0.3, -0.25) is 0 Å². The van der Waals surface area contributed by atoms with E-state index in [1.165, 1.54) is 0 Å². The van der Waals surface area contributed by atoms with Crippen LogP contribution in [-0.4, -0.2) is 37.7 Å². The summed E-state index contributed by atoms with van der Waals surface area (Å²) in [6, 6.07) is 0. The third-order valence-corrected chi connectivity index (χ3v) is 0. The van der Waals surface area contributed by atoms with E-state index in [1.54, 1.807) is 0 Å². The topological polar surface area (TPSA) is 46.1 Å². The number of rotatable bonds is 0. The van der Waals surface area contributed by atoms with E-state index in [0.717, 1.165) is 0 Å². The van der Waals surface area contributed by atoms with Gasteiger partial charge in [0.1, 0.15) is 0 Å². The molecule has 0 aromatic carbocycles. The van der Waals surface area contributed by atoms with Crippen LogP contribution in [0.3, 0.4) is 0 Å². The summed E-state index contributed by atoms with van der Waals surface area (Å²) in [5, 5.41) is 0. The first-order chi connectivity index (χ1) is 1.41. The van der Waals surface area contributed by atoms with Gasteiger partial charge in [0.25, 0.3) is 0 Å². The molecule has 22 valence electrons. The van der Waals surface area contributed by atoms with Gasteiger partial charge in [0.2, 0.25) is 0 Å². The van der Waals surface area contributed by atoms with Gasteiger partial charge in [-0.1, -0.05) is 0 Å². The van der Waals surface area contributed by atoms with Gasteiger partial charge in [0, 0.05) is 0 Å². The molecule has 0 radical (unpaired) electrons. The van der Waals surface area contributed by atoms with E-state index >= 15 is 0 Å². The van der Waals surface area contributed by atoms with Crippen molar-refractivity contribution in [3.8, 4) is 0 Å². The van der Waals surface area contributed by atoms with Crippen molar-refractivity contribution in [2.45, 2.75) is 0 Å². The summed E-state index contributed by atoms with van der Waals surface area (Å²) in [5.74, 6) is 0. The molecule has 0 bridgehead atoms. The molecule has 0 saturated heterocycles. The van der Waals surface area contributed by atoms with E-state index in [4.69, 9.17) is 8.38 Å². The Morgan fingerprint density at radius 3 is 1.25 bits per heavy atom. The third kappa shape index (κ3) is 9.33. The van der Waals surface area contributed by atoms with E-state index < -0.39 is 15.6 Å². The monoisotopic (exact) mass is 128 g/mol. The summed E-state index contributed by atoms with van der Waals surface area (Å²) in [6.45, 7) is 0. The second kappa shape index (κ2) is 8.83. The average Bonchev–Trinajstić information content (AvgIpc) is 0.918. The van der Waals surface area contributed by atoms with Crippen LogP contribution >= 0.6 is 0 Å². The Morgan fingerprint density at radius 1 is 1.25 bits per heavy atom. The van der Waals surface area contributed by atoms with Crippen molar-refractivity contribution in [2.24, 2.45) is 0 Å². The molecular formula is CaFeO2. The fourth-order valence-electron chi connectivity index (χ4n) is 0. The van der Waals surface area contributed by atoms with Crippen LogP contribution in [0.5, 0.6) is 0 Å². The molecule has 0 heterocycles. The Bertz CT molecular complexity index is 6.00. The summed E-state index contributed by atoms with van der Waals surface area (Å²) in [5.41, 5.74) is 0.